The number of hydrogen-bond acceptors (Lipinski definition) is 5. The Labute approximate surface area is 139 Å². The molecule has 23 heavy (non-hydrogen) atoms. The van der Waals surface area contributed by atoms with Crippen LogP contribution in [-0.4, -0.2) is 44.7 Å². The number of benzene rings is 1. The first kappa shape index (κ1) is 18.1. The van der Waals surface area contributed by atoms with E-state index in [1.807, 2.05) is 31.2 Å². The van der Waals surface area contributed by atoms with Gasteiger partial charge in [-0.05, 0) is 45.4 Å². The fraction of sp³-hybridized carbons (Fsp3) is 0.647. The molecule has 0 radical (unpaired) electrons. The van der Waals surface area contributed by atoms with E-state index in [-0.39, 0.29) is 11.9 Å². The van der Waals surface area contributed by atoms with Gasteiger partial charge in [-0.3, -0.25) is 0 Å². The molecule has 1 aromatic carbocycles. The highest BCUT2D eigenvalue weighted by Crippen LogP contribution is 2.30. The molecule has 1 unspecified atom stereocenters. The van der Waals surface area contributed by atoms with Gasteiger partial charge >= 0.3 is 0 Å². The van der Waals surface area contributed by atoms with E-state index >= 15 is 0 Å². The fourth-order valence-corrected chi connectivity index (χ4v) is 3.83. The van der Waals surface area contributed by atoms with Crippen LogP contribution in [0.15, 0.2) is 24.3 Å². The molecule has 0 saturated heterocycles. The van der Waals surface area contributed by atoms with E-state index in [0.29, 0.717) is 32.5 Å². The number of fused-ring (bicyclic) bond motifs is 1. The first-order valence-electron chi connectivity index (χ1n) is 8.17. The zero-order valence-corrected chi connectivity index (χ0v) is 15.0. The number of ether oxygens (including phenoxy) is 2. The third-order valence-electron chi connectivity index (χ3n) is 4.40. The van der Waals surface area contributed by atoms with E-state index in [1.165, 1.54) is 0 Å². The minimum absolute atomic E-state index is 0.0476. The Morgan fingerprint density at radius 1 is 1.26 bits per heavy atom. The molecule has 1 N–H and O–H groups in total. The smallest absolute Gasteiger partial charge is 0.161 e. The highest BCUT2D eigenvalue weighted by molar-refractivity contribution is 7.92. The fourth-order valence-electron chi connectivity index (χ4n) is 2.31. The van der Waals surface area contributed by atoms with Crippen LogP contribution in [-0.2, 0) is 9.84 Å². The van der Waals surface area contributed by atoms with E-state index in [4.69, 9.17) is 9.47 Å². The van der Waals surface area contributed by atoms with Crippen LogP contribution in [0.3, 0.4) is 0 Å². The molecule has 1 aliphatic heterocycles. The lowest BCUT2D eigenvalue weighted by molar-refractivity contribution is 0.0906. The number of hydrogen-bond donors (Lipinski definition) is 1. The van der Waals surface area contributed by atoms with Crippen molar-refractivity contribution in [2.24, 2.45) is 0 Å². The van der Waals surface area contributed by atoms with E-state index < -0.39 is 14.6 Å². The van der Waals surface area contributed by atoms with Gasteiger partial charge in [0.25, 0.3) is 0 Å². The van der Waals surface area contributed by atoms with Crippen molar-refractivity contribution in [3.05, 3.63) is 24.3 Å². The second-order valence-electron chi connectivity index (χ2n) is 6.49. The number of nitrogens with one attached hydrogen (secondary N) is 1. The largest absolute Gasteiger partial charge is 0.486 e. The number of rotatable bonds is 8. The molecule has 130 valence electrons. The summed E-state index contributed by atoms with van der Waals surface area (Å²) in [7, 11) is -3.05. The summed E-state index contributed by atoms with van der Waals surface area (Å²) in [6.07, 6.45) is 1.19. The van der Waals surface area contributed by atoms with Gasteiger partial charge in [-0.25, -0.2) is 8.42 Å². The lowest BCUT2D eigenvalue weighted by atomic mass is 10.1. The van der Waals surface area contributed by atoms with Crippen molar-refractivity contribution in [1.29, 1.82) is 0 Å². The SMILES string of the molecule is CCC(C)(C)S(=O)(=O)CCCNCC1COc2ccccc2O1. The third kappa shape index (κ3) is 4.61. The standard InChI is InChI=1S/C17H27NO4S/c1-4-17(2,3)23(19,20)11-7-10-18-12-14-13-21-15-8-5-6-9-16(15)22-14/h5-6,8-9,14,18H,4,7,10-13H2,1-3H3. The second-order valence-corrected chi connectivity index (χ2v) is 9.23. The molecule has 1 aliphatic rings. The summed E-state index contributed by atoms with van der Waals surface area (Å²) in [6.45, 7) is 7.30. The summed E-state index contributed by atoms with van der Waals surface area (Å²) < 4.78 is 35.3. The zero-order valence-electron chi connectivity index (χ0n) is 14.2. The zero-order chi connectivity index (χ0) is 16.9. The summed E-state index contributed by atoms with van der Waals surface area (Å²) in [4.78, 5) is 0. The maximum Gasteiger partial charge on any atom is 0.161 e. The maximum atomic E-state index is 12.2. The predicted molar refractivity (Wildman–Crippen MR) is 92.0 cm³/mol. The Bertz CT molecular complexity index is 613. The summed E-state index contributed by atoms with van der Waals surface area (Å²) >= 11 is 0. The Kier molecular flexibility index (Phi) is 5.92. The Hall–Kier alpha value is -1.27. The molecule has 1 atom stereocenters. The van der Waals surface area contributed by atoms with Crippen molar-refractivity contribution in [2.75, 3.05) is 25.4 Å². The Morgan fingerprint density at radius 2 is 1.96 bits per heavy atom. The molecule has 0 saturated carbocycles. The van der Waals surface area contributed by atoms with Gasteiger partial charge in [-0.1, -0.05) is 19.1 Å². The van der Waals surface area contributed by atoms with Gasteiger partial charge in [-0.15, -0.1) is 0 Å². The molecular weight excluding hydrogens is 314 g/mol. The molecule has 0 amide bonds. The number of para-hydroxylation sites is 2. The van der Waals surface area contributed by atoms with Gasteiger partial charge in [-0.2, -0.15) is 0 Å². The van der Waals surface area contributed by atoms with Gasteiger partial charge in [0.2, 0.25) is 0 Å². The summed E-state index contributed by atoms with van der Waals surface area (Å²) in [6, 6.07) is 7.61. The molecule has 2 rings (SSSR count). The average Bonchev–Trinajstić information content (AvgIpc) is 2.54. The highest BCUT2D eigenvalue weighted by Gasteiger charge is 2.31. The normalized spacial score (nSPS) is 18.0. The molecule has 5 nitrogen and oxygen atoms in total. The minimum atomic E-state index is -3.05. The molecule has 1 aromatic rings. The van der Waals surface area contributed by atoms with Crippen LogP contribution in [0.25, 0.3) is 0 Å². The highest BCUT2D eigenvalue weighted by atomic mass is 32.2. The summed E-state index contributed by atoms with van der Waals surface area (Å²) in [5.74, 6) is 1.75. The predicted octanol–water partition coefficient (Wildman–Crippen LogP) is 2.41. The molecule has 1 heterocycles. The molecule has 0 bridgehead atoms. The van der Waals surface area contributed by atoms with Crippen LogP contribution in [0.1, 0.15) is 33.6 Å². The van der Waals surface area contributed by atoms with E-state index in [0.717, 1.165) is 11.5 Å². The van der Waals surface area contributed by atoms with E-state index in [9.17, 15) is 8.42 Å². The van der Waals surface area contributed by atoms with Crippen molar-refractivity contribution in [2.45, 2.75) is 44.5 Å². The average molecular weight is 341 g/mol. The first-order chi connectivity index (χ1) is 10.9. The van der Waals surface area contributed by atoms with Gasteiger partial charge in [0, 0.05) is 6.54 Å². The molecular formula is C17H27NO4S. The monoisotopic (exact) mass is 341 g/mol. The molecule has 0 fully saturated rings. The summed E-state index contributed by atoms with van der Waals surface area (Å²) in [5.41, 5.74) is 0. The van der Waals surface area contributed by atoms with Gasteiger partial charge in [0.1, 0.15) is 12.7 Å². The van der Waals surface area contributed by atoms with Crippen LogP contribution in [0.2, 0.25) is 0 Å². The maximum absolute atomic E-state index is 12.2. The van der Waals surface area contributed by atoms with Crippen LogP contribution in [0.4, 0.5) is 0 Å². The molecule has 6 heteroatoms. The van der Waals surface area contributed by atoms with Crippen LogP contribution < -0.4 is 14.8 Å². The van der Waals surface area contributed by atoms with Crippen LogP contribution in [0.5, 0.6) is 11.5 Å². The van der Waals surface area contributed by atoms with Crippen molar-refractivity contribution >= 4 is 9.84 Å². The van der Waals surface area contributed by atoms with Crippen molar-refractivity contribution in [3.63, 3.8) is 0 Å². The lowest BCUT2D eigenvalue weighted by Crippen LogP contribution is -2.39. The quantitative estimate of drug-likeness (QED) is 0.736. The molecule has 0 spiro atoms. The molecule has 0 aliphatic carbocycles. The second kappa shape index (κ2) is 7.53. The van der Waals surface area contributed by atoms with Crippen molar-refractivity contribution in [3.8, 4) is 11.5 Å². The Balaban J connectivity index is 1.69. The Morgan fingerprint density at radius 3 is 2.65 bits per heavy atom. The number of sulfone groups is 1. The van der Waals surface area contributed by atoms with Gasteiger partial charge in [0.05, 0.1) is 10.5 Å². The third-order valence-corrected chi connectivity index (χ3v) is 7.20. The van der Waals surface area contributed by atoms with Crippen LogP contribution in [0, 0.1) is 0 Å². The topological polar surface area (TPSA) is 64.6 Å². The lowest BCUT2D eigenvalue weighted by Gasteiger charge is -2.26. The van der Waals surface area contributed by atoms with E-state index in [1.54, 1.807) is 13.8 Å². The van der Waals surface area contributed by atoms with Gasteiger partial charge in [0.15, 0.2) is 21.3 Å². The van der Waals surface area contributed by atoms with Crippen molar-refractivity contribution < 1.29 is 17.9 Å². The summed E-state index contributed by atoms with van der Waals surface area (Å²) in [5, 5.41) is 3.26. The van der Waals surface area contributed by atoms with Gasteiger partial charge < -0.3 is 14.8 Å². The van der Waals surface area contributed by atoms with Crippen LogP contribution >= 0.6 is 0 Å². The first-order valence-corrected chi connectivity index (χ1v) is 9.82. The molecule has 0 aromatic heterocycles. The minimum Gasteiger partial charge on any atom is -0.486 e. The van der Waals surface area contributed by atoms with Crippen molar-refractivity contribution in [1.82, 2.24) is 5.32 Å². The van der Waals surface area contributed by atoms with E-state index in [2.05, 4.69) is 5.32 Å².